The number of nitrogens with zero attached hydrogens (tertiary/aromatic N) is 2. The van der Waals surface area contributed by atoms with Crippen molar-refractivity contribution in [1.82, 2.24) is 9.96 Å². The minimum absolute atomic E-state index is 0.0249. The Labute approximate surface area is 213 Å². The fourth-order valence-corrected chi connectivity index (χ4v) is 4.98. The summed E-state index contributed by atoms with van der Waals surface area (Å²) in [5, 5.41) is 0.860. The Morgan fingerprint density at radius 3 is 2.47 bits per heavy atom. The lowest BCUT2D eigenvalue weighted by atomic mass is 9.96. The van der Waals surface area contributed by atoms with Gasteiger partial charge in [0.05, 0.1) is 38.5 Å². The highest BCUT2D eigenvalue weighted by Gasteiger charge is 2.49. The third-order valence-corrected chi connectivity index (χ3v) is 6.76. The number of primary amides is 1. The second-order valence-electron chi connectivity index (χ2n) is 9.05. The lowest BCUT2D eigenvalue weighted by molar-refractivity contribution is -0.122. The van der Waals surface area contributed by atoms with Crippen LogP contribution in [0.3, 0.4) is 0 Å². The molecular weight excluding hydrogens is 522 g/mol. The molecule has 1 aromatic carbocycles. The monoisotopic (exact) mass is 549 g/mol. The number of halogens is 1. The quantitative estimate of drug-likeness (QED) is 0.400. The van der Waals surface area contributed by atoms with E-state index in [2.05, 4.69) is 0 Å². The molecule has 2 bridgehead atoms. The molecule has 200 valence electrons. The smallest absolute Gasteiger partial charge is 0.421 e. The van der Waals surface area contributed by atoms with E-state index in [9.17, 15) is 22.8 Å². The van der Waals surface area contributed by atoms with Gasteiger partial charge in [-0.15, -0.1) is 4.28 Å². The second kappa shape index (κ2) is 10.7. The van der Waals surface area contributed by atoms with Crippen LogP contribution in [0.2, 0.25) is 5.02 Å². The summed E-state index contributed by atoms with van der Waals surface area (Å²) in [4.78, 5) is 38.0. The Balaban J connectivity index is 1.60. The standard InChI is InChI=1S/C21H28ClN3O10S/c1-21(2,10-33-19(27)16-15(31-3)8-6-13(22)17(16)32-4)11-34-36(29,30)35-25-12-5-7-14(18(23)26)24(9-12)20(25)28/h6,8,12,14H,5,7,9-11H2,1-4H3,(H2,23,26)/t12-,14+/m1/s1. The zero-order valence-electron chi connectivity index (χ0n) is 20.2. The van der Waals surface area contributed by atoms with Gasteiger partial charge < -0.3 is 24.8 Å². The van der Waals surface area contributed by atoms with E-state index in [1.54, 1.807) is 13.8 Å². The minimum atomic E-state index is -4.66. The molecule has 2 N–H and O–H groups in total. The third-order valence-electron chi connectivity index (χ3n) is 5.71. The summed E-state index contributed by atoms with van der Waals surface area (Å²) in [6.07, 6.45) is 0.635. The van der Waals surface area contributed by atoms with Crippen LogP contribution >= 0.6 is 11.6 Å². The van der Waals surface area contributed by atoms with E-state index < -0.39 is 52.4 Å². The number of nitrogens with two attached hydrogens (primary N) is 1. The van der Waals surface area contributed by atoms with Crippen molar-refractivity contribution in [2.24, 2.45) is 11.1 Å². The zero-order valence-corrected chi connectivity index (χ0v) is 21.8. The molecule has 0 radical (unpaired) electrons. The number of rotatable bonds is 11. The normalized spacial score (nSPS) is 19.9. The van der Waals surface area contributed by atoms with Crippen LogP contribution in [-0.2, 0) is 28.4 Å². The summed E-state index contributed by atoms with van der Waals surface area (Å²) in [6, 6.07) is 0.810. The number of fused-ring (bicyclic) bond motifs is 2. The fourth-order valence-electron chi connectivity index (χ4n) is 3.85. The average Bonchev–Trinajstić information content (AvgIpc) is 3.05. The van der Waals surface area contributed by atoms with E-state index in [4.69, 9.17) is 40.0 Å². The number of carbonyl (C=O) groups is 3. The molecule has 0 saturated carbocycles. The first-order valence-electron chi connectivity index (χ1n) is 10.9. The summed E-state index contributed by atoms with van der Waals surface area (Å²) in [5.74, 6) is -1.22. The number of carbonyl (C=O) groups excluding carboxylic acids is 3. The summed E-state index contributed by atoms with van der Waals surface area (Å²) >= 11 is 6.09. The van der Waals surface area contributed by atoms with E-state index in [-0.39, 0.29) is 35.2 Å². The molecule has 2 saturated heterocycles. The molecule has 13 nitrogen and oxygen atoms in total. The summed E-state index contributed by atoms with van der Waals surface area (Å²) in [5.41, 5.74) is 4.30. The van der Waals surface area contributed by atoms with Crippen LogP contribution in [0.1, 0.15) is 37.0 Å². The number of hydroxylamine groups is 2. The zero-order chi connectivity index (χ0) is 26.8. The first kappa shape index (κ1) is 27.8. The van der Waals surface area contributed by atoms with Crippen molar-refractivity contribution >= 4 is 39.9 Å². The van der Waals surface area contributed by atoms with Gasteiger partial charge in [0.15, 0.2) is 5.75 Å². The van der Waals surface area contributed by atoms with E-state index in [0.717, 1.165) is 0 Å². The van der Waals surface area contributed by atoms with Crippen molar-refractivity contribution in [1.29, 1.82) is 0 Å². The van der Waals surface area contributed by atoms with E-state index in [1.165, 1.54) is 31.3 Å². The molecule has 0 aromatic heterocycles. The molecule has 15 heteroatoms. The summed E-state index contributed by atoms with van der Waals surface area (Å²) in [6.45, 7) is 2.62. The highest BCUT2D eigenvalue weighted by Crippen LogP contribution is 2.36. The first-order valence-corrected chi connectivity index (χ1v) is 12.6. The van der Waals surface area contributed by atoms with Gasteiger partial charge in [0.25, 0.3) is 0 Å². The van der Waals surface area contributed by atoms with Gasteiger partial charge in [-0.05, 0) is 25.0 Å². The Hall–Kier alpha value is -2.81. The number of benzene rings is 1. The molecule has 2 aliphatic rings. The number of hydrogen-bond donors (Lipinski definition) is 1. The first-order chi connectivity index (χ1) is 16.8. The maximum atomic E-state index is 12.7. The van der Waals surface area contributed by atoms with Crippen molar-refractivity contribution in [3.8, 4) is 11.5 Å². The SMILES string of the molecule is COc1ccc(Cl)c(OC)c1C(=O)OCC(C)(C)COS(=O)(=O)ON1C(=O)N2C[C@H]1CC[C@H]2C(N)=O. The molecule has 2 atom stereocenters. The number of amides is 3. The number of piperidine rings is 1. The molecule has 1 aromatic rings. The van der Waals surface area contributed by atoms with Gasteiger partial charge >= 0.3 is 22.4 Å². The van der Waals surface area contributed by atoms with E-state index >= 15 is 0 Å². The van der Waals surface area contributed by atoms with Crippen LogP contribution in [0.25, 0.3) is 0 Å². The number of ether oxygens (including phenoxy) is 3. The molecule has 36 heavy (non-hydrogen) atoms. The number of urea groups is 1. The van der Waals surface area contributed by atoms with Crippen molar-refractivity contribution in [3.05, 3.63) is 22.7 Å². The van der Waals surface area contributed by atoms with Crippen LogP contribution in [0, 0.1) is 5.41 Å². The Kier molecular flexibility index (Phi) is 8.23. The van der Waals surface area contributed by atoms with Crippen molar-refractivity contribution in [3.63, 3.8) is 0 Å². The number of methoxy groups -OCH3 is 2. The largest absolute Gasteiger partial charge is 0.496 e. The van der Waals surface area contributed by atoms with Gasteiger partial charge in [-0.1, -0.05) is 25.4 Å². The van der Waals surface area contributed by atoms with Crippen LogP contribution in [0.5, 0.6) is 11.5 Å². The maximum Gasteiger partial charge on any atom is 0.421 e. The van der Waals surface area contributed by atoms with Crippen LogP contribution < -0.4 is 15.2 Å². The molecule has 0 spiro atoms. The van der Waals surface area contributed by atoms with Crippen molar-refractivity contribution < 1.29 is 45.5 Å². The Morgan fingerprint density at radius 1 is 1.17 bits per heavy atom. The van der Waals surface area contributed by atoms with Gasteiger partial charge in [0, 0.05) is 12.0 Å². The lowest BCUT2D eigenvalue weighted by Crippen LogP contribution is -2.47. The second-order valence-corrected chi connectivity index (χ2v) is 10.7. The highest BCUT2D eigenvalue weighted by atomic mass is 35.5. The third kappa shape index (κ3) is 5.94. The molecule has 2 fully saturated rings. The van der Waals surface area contributed by atoms with Gasteiger partial charge in [-0.2, -0.15) is 13.5 Å². The average molecular weight is 550 g/mol. The molecule has 2 aliphatic heterocycles. The minimum Gasteiger partial charge on any atom is -0.496 e. The van der Waals surface area contributed by atoms with Gasteiger partial charge in [0.1, 0.15) is 17.4 Å². The summed E-state index contributed by atoms with van der Waals surface area (Å²) < 4.78 is 50.5. The Morgan fingerprint density at radius 2 is 1.86 bits per heavy atom. The predicted octanol–water partition coefficient (Wildman–Crippen LogP) is 1.49. The van der Waals surface area contributed by atoms with Crippen molar-refractivity contribution in [2.75, 3.05) is 34.0 Å². The fraction of sp³-hybridized carbons (Fsp3) is 0.571. The van der Waals surface area contributed by atoms with Crippen LogP contribution in [0.15, 0.2) is 12.1 Å². The lowest BCUT2D eigenvalue weighted by Gasteiger charge is -2.27. The predicted molar refractivity (Wildman–Crippen MR) is 125 cm³/mol. The van der Waals surface area contributed by atoms with Gasteiger partial charge in [-0.3, -0.25) is 4.79 Å². The summed E-state index contributed by atoms with van der Waals surface area (Å²) in [7, 11) is -1.96. The molecule has 0 unspecified atom stereocenters. The molecule has 3 amide bonds. The molecule has 0 aliphatic carbocycles. The molecule has 2 heterocycles. The topological polar surface area (TPSA) is 164 Å². The van der Waals surface area contributed by atoms with Gasteiger partial charge in [-0.25, -0.2) is 13.8 Å². The highest BCUT2D eigenvalue weighted by molar-refractivity contribution is 7.81. The maximum absolute atomic E-state index is 12.7. The van der Waals surface area contributed by atoms with Crippen LogP contribution in [-0.4, -0.2) is 82.4 Å². The van der Waals surface area contributed by atoms with Crippen LogP contribution in [0.4, 0.5) is 4.79 Å². The van der Waals surface area contributed by atoms with Crippen molar-refractivity contribution in [2.45, 2.75) is 38.8 Å². The Bertz CT molecular complexity index is 1140. The molecular formula is C21H28ClN3O10S. The number of hydrogen-bond acceptors (Lipinski definition) is 10. The molecule has 3 rings (SSSR count). The van der Waals surface area contributed by atoms with E-state index in [1.807, 2.05) is 0 Å². The van der Waals surface area contributed by atoms with E-state index in [0.29, 0.717) is 17.9 Å². The number of esters is 1. The van der Waals surface area contributed by atoms with Gasteiger partial charge in [0.2, 0.25) is 5.91 Å².